The summed E-state index contributed by atoms with van der Waals surface area (Å²) in [4.78, 5) is 48.1. The number of pyridine rings is 2. The molecule has 11 heteroatoms. The van der Waals surface area contributed by atoms with Crippen molar-refractivity contribution < 1.29 is 23.5 Å². The van der Waals surface area contributed by atoms with E-state index in [2.05, 4.69) is 32.0 Å². The molecule has 3 aromatic heterocycles. The van der Waals surface area contributed by atoms with Crippen molar-refractivity contribution in [3.8, 4) is 0 Å². The van der Waals surface area contributed by atoms with Crippen LogP contribution in [0, 0.1) is 6.92 Å². The third-order valence-corrected chi connectivity index (χ3v) is 7.40. The highest BCUT2D eigenvalue weighted by Gasteiger charge is 2.28. The summed E-state index contributed by atoms with van der Waals surface area (Å²) in [6.07, 6.45) is 8.53. The van der Waals surface area contributed by atoms with Crippen LogP contribution in [0.15, 0.2) is 65.5 Å². The molecule has 11 nitrogen and oxygen atoms in total. The van der Waals surface area contributed by atoms with Crippen LogP contribution in [0.3, 0.4) is 0 Å². The normalized spacial score (nSPS) is 14.9. The highest BCUT2D eigenvalue weighted by molar-refractivity contribution is 5.97. The second-order valence-corrected chi connectivity index (χ2v) is 12.1. The lowest BCUT2D eigenvalue weighted by atomic mass is 10.1. The van der Waals surface area contributed by atoms with Crippen LogP contribution in [0.4, 0.5) is 16.3 Å². The van der Waals surface area contributed by atoms with Crippen molar-refractivity contribution in [1.82, 2.24) is 20.2 Å². The lowest BCUT2D eigenvalue weighted by Gasteiger charge is -2.22. The molecule has 0 fully saturated rings. The number of hydrogen-bond acceptors (Lipinski definition) is 8. The Morgan fingerprint density at radius 1 is 1.20 bits per heavy atom. The molecule has 0 saturated carbocycles. The number of rotatable bonds is 8. The number of anilines is 2. The van der Waals surface area contributed by atoms with Crippen molar-refractivity contribution >= 4 is 46.5 Å². The monoisotopic (exact) mass is 610 g/mol. The Bertz CT molecular complexity index is 1740. The molecule has 5 rings (SSSR count). The molecule has 0 radical (unpaired) electrons. The Labute approximate surface area is 262 Å². The summed E-state index contributed by atoms with van der Waals surface area (Å²) >= 11 is 0. The SMILES string of the molecule is Cc1c(CN(C)C(=O)/C=C/c2cnc3c(c2)CC[C@H](NC(=O)OC(C)(C)C)C(=O)N3)oc2cccc(CNc3cccnc3)c12. The number of hydrogen-bond donors (Lipinski definition) is 3. The van der Waals surface area contributed by atoms with Gasteiger partial charge in [0.05, 0.1) is 12.2 Å². The van der Waals surface area contributed by atoms with Gasteiger partial charge in [0.1, 0.15) is 28.8 Å². The van der Waals surface area contributed by atoms with E-state index in [0.717, 1.165) is 39.1 Å². The van der Waals surface area contributed by atoms with Gasteiger partial charge in [0, 0.05) is 49.2 Å². The number of nitrogens with one attached hydrogen (secondary N) is 3. The second-order valence-electron chi connectivity index (χ2n) is 12.1. The first-order chi connectivity index (χ1) is 21.5. The van der Waals surface area contributed by atoms with Crippen LogP contribution in [0.25, 0.3) is 17.0 Å². The molecule has 3 amide bonds. The molecule has 0 bridgehead atoms. The highest BCUT2D eigenvalue weighted by Crippen LogP contribution is 2.30. The quantitative estimate of drug-likeness (QED) is 0.220. The van der Waals surface area contributed by atoms with E-state index in [1.807, 2.05) is 37.3 Å². The molecule has 3 N–H and O–H groups in total. The van der Waals surface area contributed by atoms with Crippen LogP contribution in [0.1, 0.15) is 55.2 Å². The molecule has 0 unspecified atom stereocenters. The number of ether oxygens (including phenoxy) is 1. The minimum Gasteiger partial charge on any atom is -0.459 e. The third kappa shape index (κ3) is 7.86. The molecule has 0 aliphatic carbocycles. The van der Waals surface area contributed by atoms with Crippen LogP contribution in [-0.2, 0) is 33.8 Å². The van der Waals surface area contributed by atoms with Crippen LogP contribution in [-0.4, -0.2) is 51.5 Å². The van der Waals surface area contributed by atoms with Crippen molar-refractivity contribution in [2.45, 2.75) is 65.3 Å². The fourth-order valence-corrected chi connectivity index (χ4v) is 5.13. The number of nitrogens with zero attached hydrogens (tertiary/aromatic N) is 3. The summed E-state index contributed by atoms with van der Waals surface area (Å²) in [5.41, 5.74) is 4.65. The summed E-state index contributed by atoms with van der Waals surface area (Å²) in [6.45, 7) is 8.21. The number of alkyl carbamates (subject to hydrolysis) is 1. The number of carbonyl (C=O) groups excluding carboxylic acids is 3. The van der Waals surface area contributed by atoms with Gasteiger partial charge in [0.25, 0.3) is 0 Å². The van der Waals surface area contributed by atoms with Crippen LogP contribution in [0.5, 0.6) is 0 Å². The standard InChI is InChI=1S/C34H38N6O5/c1-21-28(44-27-10-6-8-24(30(21)27)18-36-25-9-7-15-35-19-25)20-40(5)29(41)14-11-22-16-23-12-13-26(32(42)39-31(23)37-17-22)38-33(43)45-34(2,3)4/h6-11,14-17,19,26,36H,12-13,18,20H2,1-5H3,(H,38,43)(H,37,39,42)/b14-11+/t26-/m0/s1. The molecule has 234 valence electrons. The number of fused-ring (bicyclic) bond motifs is 2. The molecule has 4 aromatic rings. The van der Waals surface area contributed by atoms with Gasteiger partial charge < -0.3 is 30.0 Å². The summed E-state index contributed by atoms with van der Waals surface area (Å²) in [6, 6.07) is 10.9. The van der Waals surface area contributed by atoms with E-state index >= 15 is 0 Å². The number of carbonyl (C=O) groups is 3. The fourth-order valence-electron chi connectivity index (χ4n) is 5.13. The van der Waals surface area contributed by atoms with Gasteiger partial charge in [-0.05, 0) is 87.6 Å². The maximum atomic E-state index is 13.1. The number of benzene rings is 1. The maximum Gasteiger partial charge on any atom is 0.408 e. The van der Waals surface area contributed by atoms with Crippen molar-refractivity contribution in [3.63, 3.8) is 0 Å². The van der Waals surface area contributed by atoms with Crippen molar-refractivity contribution in [2.75, 3.05) is 17.7 Å². The maximum absolute atomic E-state index is 13.1. The van der Waals surface area contributed by atoms with E-state index < -0.39 is 17.7 Å². The van der Waals surface area contributed by atoms with Gasteiger partial charge in [-0.25, -0.2) is 9.78 Å². The van der Waals surface area contributed by atoms with Gasteiger partial charge in [-0.3, -0.25) is 14.6 Å². The Morgan fingerprint density at radius 2 is 2.02 bits per heavy atom. The molecule has 0 saturated heterocycles. The Kier molecular flexibility index (Phi) is 9.17. The van der Waals surface area contributed by atoms with Crippen LogP contribution < -0.4 is 16.0 Å². The smallest absolute Gasteiger partial charge is 0.408 e. The summed E-state index contributed by atoms with van der Waals surface area (Å²) in [7, 11) is 1.73. The lowest BCUT2D eigenvalue weighted by Crippen LogP contribution is -2.45. The van der Waals surface area contributed by atoms with E-state index in [4.69, 9.17) is 9.15 Å². The predicted molar refractivity (Wildman–Crippen MR) is 172 cm³/mol. The average Bonchev–Trinajstić information content (AvgIpc) is 3.23. The predicted octanol–water partition coefficient (Wildman–Crippen LogP) is 5.59. The molecule has 45 heavy (non-hydrogen) atoms. The van der Waals surface area contributed by atoms with Crippen molar-refractivity contribution in [1.29, 1.82) is 0 Å². The van der Waals surface area contributed by atoms with Gasteiger partial charge in [-0.1, -0.05) is 12.1 Å². The molecule has 1 aliphatic rings. The molecule has 1 atom stereocenters. The first-order valence-corrected chi connectivity index (χ1v) is 14.8. The molecule has 4 heterocycles. The second kappa shape index (κ2) is 13.2. The number of amides is 3. The Balaban J connectivity index is 1.21. The van der Waals surface area contributed by atoms with Crippen LogP contribution >= 0.6 is 0 Å². The molecule has 1 aromatic carbocycles. The van der Waals surface area contributed by atoms with Gasteiger partial charge in [0.15, 0.2) is 0 Å². The molecular formula is C34H38N6O5. The molecule has 1 aliphatic heterocycles. The lowest BCUT2D eigenvalue weighted by molar-refractivity contribution is -0.125. The first-order valence-electron chi connectivity index (χ1n) is 14.8. The first kappa shape index (κ1) is 31.2. The average molecular weight is 611 g/mol. The van der Waals surface area contributed by atoms with Gasteiger partial charge in [0.2, 0.25) is 11.8 Å². The van der Waals surface area contributed by atoms with E-state index in [1.54, 1.807) is 57.4 Å². The van der Waals surface area contributed by atoms with Gasteiger partial charge in [-0.15, -0.1) is 0 Å². The zero-order chi connectivity index (χ0) is 32.1. The van der Waals surface area contributed by atoms with Gasteiger partial charge in [-0.2, -0.15) is 0 Å². The van der Waals surface area contributed by atoms with E-state index in [1.165, 1.54) is 6.08 Å². The highest BCUT2D eigenvalue weighted by atomic mass is 16.6. The van der Waals surface area contributed by atoms with E-state index in [9.17, 15) is 14.4 Å². The number of aryl methyl sites for hydroxylation is 2. The molecule has 0 spiro atoms. The number of furan rings is 1. The Hall–Kier alpha value is -5.19. The van der Waals surface area contributed by atoms with Crippen molar-refractivity contribution in [3.05, 3.63) is 89.1 Å². The minimum atomic E-state index is -0.751. The summed E-state index contributed by atoms with van der Waals surface area (Å²) in [5.74, 6) is 0.604. The minimum absolute atomic E-state index is 0.196. The number of aromatic nitrogens is 2. The van der Waals surface area contributed by atoms with E-state index in [0.29, 0.717) is 37.3 Å². The third-order valence-electron chi connectivity index (χ3n) is 7.40. The summed E-state index contributed by atoms with van der Waals surface area (Å²) < 4.78 is 11.5. The fraction of sp³-hybridized carbons (Fsp3) is 0.324. The van der Waals surface area contributed by atoms with E-state index in [-0.39, 0.29) is 11.8 Å². The summed E-state index contributed by atoms with van der Waals surface area (Å²) in [5, 5.41) is 9.85. The number of likely N-dealkylation sites (N-methyl/N-ethyl adjacent to an activating group) is 1. The largest absolute Gasteiger partial charge is 0.459 e. The zero-order valence-corrected chi connectivity index (χ0v) is 26.1. The molecular weight excluding hydrogens is 572 g/mol. The van der Waals surface area contributed by atoms with Crippen LogP contribution in [0.2, 0.25) is 0 Å². The zero-order valence-electron chi connectivity index (χ0n) is 26.1. The van der Waals surface area contributed by atoms with Gasteiger partial charge >= 0.3 is 6.09 Å². The Morgan fingerprint density at radius 3 is 2.78 bits per heavy atom. The topological polar surface area (TPSA) is 139 Å². The van der Waals surface area contributed by atoms with Crippen molar-refractivity contribution in [2.24, 2.45) is 0 Å².